The minimum Gasteiger partial charge on any atom is -0.493 e. The molecule has 0 aliphatic carbocycles. The molecule has 3 aromatic rings. The van der Waals surface area contributed by atoms with Gasteiger partial charge in [0.05, 0.1) is 24.4 Å². The molecule has 0 aliphatic rings. The molecule has 0 radical (unpaired) electrons. The quantitative estimate of drug-likeness (QED) is 0.693. The summed E-state index contributed by atoms with van der Waals surface area (Å²) in [6.45, 7) is 3.53. The van der Waals surface area contributed by atoms with E-state index in [1.165, 1.54) is 6.92 Å². The Morgan fingerprint density at radius 2 is 1.68 bits per heavy atom. The van der Waals surface area contributed by atoms with Crippen LogP contribution in [-0.2, 0) is 0 Å². The van der Waals surface area contributed by atoms with Crippen LogP contribution >= 0.6 is 0 Å². The highest BCUT2D eigenvalue weighted by atomic mass is 16.5. The first-order valence-corrected chi connectivity index (χ1v) is 8.85. The van der Waals surface area contributed by atoms with E-state index in [-0.39, 0.29) is 5.91 Å². The second-order valence-corrected chi connectivity index (χ2v) is 6.43. The Balaban J connectivity index is 2.46. The van der Waals surface area contributed by atoms with Crippen molar-refractivity contribution in [2.75, 3.05) is 14.2 Å². The fourth-order valence-electron chi connectivity index (χ4n) is 3.21. The minimum atomic E-state index is -0.162. The molecular weight excluding hydrogens is 350 g/mol. The van der Waals surface area contributed by atoms with E-state index < -0.39 is 0 Å². The van der Waals surface area contributed by atoms with E-state index >= 15 is 0 Å². The maximum Gasteiger partial charge on any atom is 0.229 e. The van der Waals surface area contributed by atoms with Gasteiger partial charge in [-0.1, -0.05) is 42.0 Å². The van der Waals surface area contributed by atoms with E-state index in [2.05, 4.69) is 11.1 Å². The first-order chi connectivity index (χ1) is 13.5. The van der Waals surface area contributed by atoms with Crippen LogP contribution in [-0.4, -0.2) is 24.6 Å². The zero-order chi connectivity index (χ0) is 20.3. The summed E-state index contributed by atoms with van der Waals surface area (Å²) >= 11 is 0. The molecule has 140 valence electrons. The average molecular weight is 371 g/mol. The number of aryl methyl sites for hydroxylation is 1. The predicted octanol–water partition coefficient (Wildman–Crippen LogP) is 4.20. The van der Waals surface area contributed by atoms with Crippen LogP contribution in [0.25, 0.3) is 22.4 Å². The Bertz CT molecular complexity index is 1130. The lowest BCUT2D eigenvalue weighted by Crippen LogP contribution is -2.29. The first-order valence-electron chi connectivity index (χ1n) is 8.85. The molecule has 2 aromatic carbocycles. The second kappa shape index (κ2) is 7.93. The number of hydrogen-bond acceptors (Lipinski definition) is 4. The monoisotopic (exact) mass is 371 g/mol. The summed E-state index contributed by atoms with van der Waals surface area (Å²) in [6.07, 6.45) is 0. The lowest BCUT2D eigenvalue weighted by molar-refractivity contribution is 0.0932. The molecule has 0 amide bonds. The molecule has 0 spiro atoms. The zero-order valence-electron chi connectivity index (χ0n) is 16.4. The molecule has 0 unspecified atom stereocenters. The van der Waals surface area contributed by atoms with E-state index in [0.717, 1.165) is 27.9 Å². The van der Waals surface area contributed by atoms with Gasteiger partial charge in [-0.3, -0.25) is 14.4 Å². The molecule has 0 saturated carbocycles. The van der Waals surface area contributed by atoms with Gasteiger partial charge in [0, 0.05) is 19.5 Å². The van der Waals surface area contributed by atoms with Crippen molar-refractivity contribution in [1.29, 1.82) is 5.26 Å². The van der Waals surface area contributed by atoms with E-state index in [0.29, 0.717) is 16.8 Å². The lowest BCUT2D eigenvalue weighted by Gasteiger charge is -2.19. The third-order valence-electron chi connectivity index (χ3n) is 4.58. The summed E-state index contributed by atoms with van der Waals surface area (Å²) in [6, 6.07) is 19.3. The van der Waals surface area contributed by atoms with Gasteiger partial charge in [-0.15, -0.1) is 0 Å². The van der Waals surface area contributed by atoms with E-state index in [4.69, 9.17) is 10.00 Å². The Hall–Kier alpha value is -3.65. The van der Waals surface area contributed by atoms with Crippen molar-refractivity contribution >= 4 is 5.91 Å². The summed E-state index contributed by atoms with van der Waals surface area (Å²) in [5.74, 6) is 0.345. The highest BCUT2D eigenvalue weighted by Gasteiger charge is 2.19. The summed E-state index contributed by atoms with van der Waals surface area (Å²) in [4.78, 5) is 16.9. The molecule has 0 aliphatic heterocycles. The fourth-order valence-corrected chi connectivity index (χ4v) is 3.21. The highest BCUT2D eigenvalue weighted by Crippen LogP contribution is 2.34. The molecule has 0 bridgehead atoms. The smallest absolute Gasteiger partial charge is 0.229 e. The number of pyridine rings is 1. The number of carbonyl (C=O) groups is 1. The molecule has 5 nitrogen and oxygen atoms in total. The van der Waals surface area contributed by atoms with Crippen LogP contribution in [0.4, 0.5) is 0 Å². The van der Waals surface area contributed by atoms with Gasteiger partial charge in [-0.05, 0) is 36.2 Å². The van der Waals surface area contributed by atoms with E-state index in [1.807, 2.05) is 49.4 Å². The molecule has 0 fully saturated rings. The molecule has 1 aromatic heterocycles. The standard InChI is InChI=1S/C23H21N3O2/c1-15-5-9-19(10-6-15)22-20(18-11-7-17(14-24)8-12-18)13-21(28-4)23(25-3)26(22)16(2)27/h5-13H,1-4H3. The Kier molecular flexibility index (Phi) is 5.42. The van der Waals surface area contributed by atoms with Crippen molar-refractivity contribution < 1.29 is 9.53 Å². The van der Waals surface area contributed by atoms with E-state index in [9.17, 15) is 4.79 Å². The highest BCUT2D eigenvalue weighted by molar-refractivity contribution is 5.90. The molecule has 0 atom stereocenters. The number of rotatable bonds is 3. The van der Waals surface area contributed by atoms with Crippen molar-refractivity contribution in [1.82, 2.24) is 4.57 Å². The first kappa shape index (κ1) is 19.1. The van der Waals surface area contributed by atoms with Crippen molar-refractivity contribution in [2.45, 2.75) is 13.8 Å². The SMILES string of the molecule is CN=c1c(OC)cc(-c2ccc(C#N)cc2)c(-c2ccc(C)cc2)n1C(C)=O. The molecule has 28 heavy (non-hydrogen) atoms. The number of nitrogens with zero attached hydrogens (tertiary/aromatic N) is 3. The van der Waals surface area contributed by atoms with Gasteiger partial charge in [-0.25, -0.2) is 0 Å². The van der Waals surface area contributed by atoms with Crippen LogP contribution in [0.3, 0.4) is 0 Å². The van der Waals surface area contributed by atoms with Crippen molar-refractivity contribution in [3.63, 3.8) is 0 Å². The van der Waals surface area contributed by atoms with Gasteiger partial charge in [0.25, 0.3) is 0 Å². The number of hydrogen-bond donors (Lipinski definition) is 0. The number of carbonyl (C=O) groups excluding carboxylic acids is 1. The van der Waals surface area contributed by atoms with Gasteiger partial charge in [0.2, 0.25) is 5.91 Å². The van der Waals surface area contributed by atoms with Crippen LogP contribution in [0.2, 0.25) is 0 Å². The zero-order valence-corrected chi connectivity index (χ0v) is 16.4. The van der Waals surface area contributed by atoms with Crippen LogP contribution in [0.5, 0.6) is 5.75 Å². The van der Waals surface area contributed by atoms with Gasteiger partial charge >= 0.3 is 0 Å². The van der Waals surface area contributed by atoms with Gasteiger partial charge in [0.1, 0.15) is 0 Å². The fraction of sp³-hybridized carbons (Fsp3) is 0.174. The topological polar surface area (TPSA) is 67.4 Å². The van der Waals surface area contributed by atoms with Gasteiger partial charge in [-0.2, -0.15) is 5.26 Å². The Labute approximate surface area is 164 Å². The third kappa shape index (κ3) is 3.45. The predicted molar refractivity (Wildman–Crippen MR) is 109 cm³/mol. The van der Waals surface area contributed by atoms with Crippen molar-refractivity contribution in [2.24, 2.45) is 4.99 Å². The van der Waals surface area contributed by atoms with Gasteiger partial charge in [0.15, 0.2) is 11.2 Å². The third-order valence-corrected chi connectivity index (χ3v) is 4.58. The molecular formula is C23H21N3O2. The van der Waals surface area contributed by atoms with Gasteiger partial charge < -0.3 is 4.74 Å². The summed E-state index contributed by atoms with van der Waals surface area (Å²) in [5, 5.41) is 9.09. The molecule has 0 N–H and O–H groups in total. The number of ether oxygens (including phenoxy) is 1. The van der Waals surface area contributed by atoms with Crippen molar-refractivity contribution in [3.8, 4) is 34.2 Å². The Morgan fingerprint density at radius 3 is 2.18 bits per heavy atom. The van der Waals surface area contributed by atoms with Crippen LogP contribution < -0.4 is 10.2 Å². The van der Waals surface area contributed by atoms with Crippen molar-refractivity contribution in [3.05, 3.63) is 71.2 Å². The maximum atomic E-state index is 12.6. The second-order valence-electron chi connectivity index (χ2n) is 6.43. The number of aromatic nitrogens is 1. The molecule has 1 heterocycles. The average Bonchev–Trinajstić information content (AvgIpc) is 2.72. The molecule has 0 saturated heterocycles. The summed E-state index contributed by atoms with van der Waals surface area (Å²) in [5.41, 5.74) is 5.51. The molecule has 3 rings (SSSR count). The Morgan fingerprint density at radius 1 is 1.07 bits per heavy atom. The number of nitriles is 1. The molecule has 5 heteroatoms. The number of benzene rings is 2. The summed E-state index contributed by atoms with van der Waals surface area (Å²) < 4.78 is 7.11. The maximum absolute atomic E-state index is 12.6. The largest absolute Gasteiger partial charge is 0.493 e. The minimum absolute atomic E-state index is 0.162. The lowest BCUT2D eigenvalue weighted by atomic mass is 9.97. The van der Waals surface area contributed by atoms with Crippen LogP contribution in [0.1, 0.15) is 22.8 Å². The normalized spacial score (nSPS) is 11.2. The number of methoxy groups -OCH3 is 1. The van der Waals surface area contributed by atoms with Crippen LogP contribution in [0.15, 0.2) is 59.6 Å². The summed E-state index contributed by atoms with van der Waals surface area (Å²) in [7, 11) is 3.19. The van der Waals surface area contributed by atoms with E-state index in [1.54, 1.807) is 30.9 Å². The van der Waals surface area contributed by atoms with Crippen LogP contribution in [0, 0.1) is 18.3 Å².